The summed E-state index contributed by atoms with van der Waals surface area (Å²) in [6.07, 6.45) is 0. The molecule has 0 aliphatic rings. The van der Waals surface area contributed by atoms with E-state index < -0.39 is 0 Å². The molecule has 0 unspecified atom stereocenters. The fourth-order valence-electron chi connectivity index (χ4n) is 1.30. The minimum Gasteiger partial charge on any atom is -0.497 e. The SMILES string of the molecule is COc1cccc(Oc2cc(N)nc(N)n2)c1. The summed E-state index contributed by atoms with van der Waals surface area (Å²) in [5.74, 6) is 1.90. The number of nitrogens with two attached hydrogens (primary N) is 2. The zero-order chi connectivity index (χ0) is 12.3. The van der Waals surface area contributed by atoms with Crippen molar-refractivity contribution in [1.29, 1.82) is 0 Å². The van der Waals surface area contributed by atoms with Crippen molar-refractivity contribution < 1.29 is 9.47 Å². The fraction of sp³-hybridized carbons (Fsp3) is 0.0909. The van der Waals surface area contributed by atoms with Crippen molar-refractivity contribution in [1.82, 2.24) is 9.97 Å². The van der Waals surface area contributed by atoms with Crippen LogP contribution in [-0.2, 0) is 0 Å². The van der Waals surface area contributed by atoms with Gasteiger partial charge in [-0.05, 0) is 12.1 Å². The van der Waals surface area contributed by atoms with Crippen LogP contribution in [-0.4, -0.2) is 17.1 Å². The lowest BCUT2D eigenvalue weighted by Crippen LogP contribution is -2.00. The summed E-state index contributed by atoms with van der Waals surface area (Å²) in [4.78, 5) is 7.66. The van der Waals surface area contributed by atoms with E-state index in [1.54, 1.807) is 19.2 Å². The first kappa shape index (κ1) is 11.0. The smallest absolute Gasteiger partial charge is 0.226 e. The number of hydrogen-bond donors (Lipinski definition) is 2. The van der Waals surface area contributed by atoms with Crippen LogP contribution in [0.2, 0.25) is 0 Å². The van der Waals surface area contributed by atoms with Crippen molar-refractivity contribution in [2.24, 2.45) is 0 Å². The second kappa shape index (κ2) is 4.56. The van der Waals surface area contributed by atoms with E-state index >= 15 is 0 Å². The number of benzene rings is 1. The van der Waals surface area contributed by atoms with Crippen LogP contribution in [0.5, 0.6) is 17.4 Å². The Labute approximate surface area is 98.2 Å². The van der Waals surface area contributed by atoms with Gasteiger partial charge in [0.2, 0.25) is 11.8 Å². The van der Waals surface area contributed by atoms with E-state index in [-0.39, 0.29) is 11.8 Å². The molecule has 1 aromatic heterocycles. The summed E-state index contributed by atoms with van der Waals surface area (Å²) < 4.78 is 10.6. The maximum atomic E-state index is 5.53. The normalized spacial score (nSPS) is 9.94. The highest BCUT2D eigenvalue weighted by Crippen LogP contribution is 2.24. The summed E-state index contributed by atoms with van der Waals surface area (Å²) in [6.45, 7) is 0. The topological polar surface area (TPSA) is 96.3 Å². The highest BCUT2D eigenvalue weighted by Gasteiger charge is 2.03. The Bertz CT molecular complexity index is 510. The number of nitrogens with zero attached hydrogens (tertiary/aromatic N) is 2. The maximum Gasteiger partial charge on any atom is 0.226 e. The largest absolute Gasteiger partial charge is 0.497 e. The van der Waals surface area contributed by atoms with Crippen LogP contribution in [0.4, 0.5) is 11.8 Å². The zero-order valence-electron chi connectivity index (χ0n) is 9.25. The predicted molar refractivity (Wildman–Crippen MR) is 63.9 cm³/mol. The minimum atomic E-state index is 0.0721. The van der Waals surface area contributed by atoms with Gasteiger partial charge in [-0.1, -0.05) is 6.07 Å². The van der Waals surface area contributed by atoms with Gasteiger partial charge < -0.3 is 20.9 Å². The molecule has 2 rings (SSSR count). The molecule has 0 atom stereocenters. The molecule has 0 saturated heterocycles. The molecule has 0 amide bonds. The molecule has 2 aromatic rings. The summed E-state index contributed by atoms with van der Waals surface area (Å²) in [5.41, 5.74) is 11.0. The standard InChI is InChI=1S/C11H12N4O2/c1-16-7-3-2-4-8(5-7)17-10-6-9(12)14-11(13)15-10/h2-6H,1H3,(H4,12,13,14,15). The highest BCUT2D eigenvalue weighted by molar-refractivity contribution is 5.41. The molecular formula is C11H12N4O2. The molecule has 0 aliphatic heterocycles. The van der Waals surface area contributed by atoms with E-state index in [0.717, 1.165) is 0 Å². The predicted octanol–water partition coefficient (Wildman–Crippen LogP) is 1.44. The highest BCUT2D eigenvalue weighted by atomic mass is 16.5. The van der Waals surface area contributed by atoms with Gasteiger partial charge in [0.05, 0.1) is 7.11 Å². The zero-order valence-corrected chi connectivity index (χ0v) is 9.25. The van der Waals surface area contributed by atoms with Crippen LogP contribution in [0.25, 0.3) is 0 Å². The summed E-state index contributed by atoms with van der Waals surface area (Å²) in [5, 5.41) is 0. The molecule has 0 aliphatic carbocycles. The van der Waals surface area contributed by atoms with Crippen LogP contribution in [0.15, 0.2) is 30.3 Å². The second-order valence-corrected chi connectivity index (χ2v) is 3.27. The molecule has 0 fully saturated rings. The third-order valence-electron chi connectivity index (χ3n) is 2.00. The van der Waals surface area contributed by atoms with Crippen molar-refractivity contribution in [3.05, 3.63) is 30.3 Å². The molecule has 0 bridgehead atoms. The quantitative estimate of drug-likeness (QED) is 0.831. The molecule has 1 aromatic carbocycles. The Hall–Kier alpha value is -2.50. The van der Waals surface area contributed by atoms with Gasteiger partial charge in [-0.25, -0.2) is 0 Å². The average Bonchev–Trinajstić information content (AvgIpc) is 2.28. The summed E-state index contributed by atoms with van der Waals surface area (Å²) in [7, 11) is 1.58. The molecule has 0 saturated carbocycles. The van der Waals surface area contributed by atoms with Crippen molar-refractivity contribution in [2.75, 3.05) is 18.6 Å². The van der Waals surface area contributed by atoms with Gasteiger partial charge in [-0.3, -0.25) is 0 Å². The van der Waals surface area contributed by atoms with Gasteiger partial charge in [-0.15, -0.1) is 0 Å². The van der Waals surface area contributed by atoms with Crippen LogP contribution < -0.4 is 20.9 Å². The van der Waals surface area contributed by atoms with Crippen LogP contribution in [0, 0.1) is 0 Å². The molecule has 6 heteroatoms. The van der Waals surface area contributed by atoms with Gasteiger partial charge in [-0.2, -0.15) is 9.97 Å². The molecule has 17 heavy (non-hydrogen) atoms. The van der Waals surface area contributed by atoms with Gasteiger partial charge >= 0.3 is 0 Å². The third-order valence-corrected chi connectivity index (χ3v) is 2.00. The lowest BCUT2D eigenvalue weighted by Gasteiger charge is -2.07. The lowest BCUT2D eigenvalue weighted by atomic mass is 10.3. The van der Waals surface area contributed by atoms with E-state index in [9.17, 15) is 0 Å². The van der Waals surface area contributed by atoms with Crippen molar-refractivity contribution in [3.63, 3.8) is 0 Å². The molecule has 6 nitrogen and oxygen atoms in total. The van der Waals surface area contributed by atoms with E-state index in [2.05, 4.69) is 9.97 Å². The van der Waals surface area contributed by atoms with E-state index in [1.807, 2.05) is 12.1 Å². The maximum absolute atomic E-state index is 5.53. The second-order valence-electron chi connectivity index (χ2n) is 3.27. The molecule has 1 heterocycles. The minimum absolute atomic E-state index is 0.0721. The lowest BCUT2D eigenvalue weighted by molar-refractivity contribution is 0.407. The van der Waals surface area contributed by atoms with E-state index in [1.165, 1.54) is 6.07 Å². The first-order chi connectivity index (χ1) is 8.17. The van der Waals surface area contributed by atoms with Crippen molar-refractivity contribution in [3.8, 4) is 17.4 Å². The first-order valence-electron chi connectivity index (χ1n) is 4.89. The third kappa shape index (κ3) is 2.75. The summed E-state index contributed by atoms with van der Waals surface area (Å²) >= 11 is 0. The molecule has 4 N–H and O–H groups in total. The molecule has 0 radical (unpaired) electrons. The number of hydrogen-bond acceptors (Lipinski definition) is 6. The average molecular weight is 232 g/mol. The Balaban J connectivity index is 2.24. The van der Waals surface area contributed by atoms with Gasteiger partial charge in [0.25, 0.3) is 0 Å². The number of anilines is 2. The fourth-order valence-corrected chi connectivity index (χ4v) is 1.30. The Morgan fingerprint density at radius 3 is 2.53 bits per heavy atom. The Kier molecular flexibility index (Phi) is 2.95. The van der Waals surface area contributed by atoms with Crippen molar-refractivity contribution >= 4 is 11.8 Å². The Morgan fingerprint density at radius 1 is 1.06 bits per heavy atom. The number of ether oxygens (including phenoxy) is 2. The monoisotopic (exact) mass is 232 g/mol. The van der Waals surface area contributed by atoms with Crippen LogP contribution in [0.3, 0.4) is 0 Å². The van der Waals surface area contributed by atoms with Crippen molar-refractivity contribution in [2.45, 2.75) is 0 Å². The molecule has 88 valence electrons. The number of rotatable bonds is 3. The molecule has 0 spiro atoms. The Morgan fingerprint density at radius 2 is 1.82 bits per heavy atom. The molecular weight excluding hydrogens is 220 g/mol. The van der Waals surface area contributed by atoms with Crippen LogP contribution in [0.1, 0.15) is 0 Å². The van der Waals surface area contributed by atoms with Gasteiger partial charge in [0.1, 0.15) is 17.3 Å². The van der Waals surface area contributed by atoms with Gasteiger partial charge in [0, 0.05) is 12.1 Å². The number of nitrogen functional groups attached to an aromatic ring is 2. The van der Waals surface area contributed by atoms with E-state index in [0.29, 0.717) is 17.4 Å². The number of methoxy groups -OCH3 is 1. The van der Waals surface area contributed by atoms with Gasteiger partial charge in [0.15, 0.2) is 0 Å². The van der Waals surface area contributed by atoms with Crippen LogP contribution >= 0.6 is 0 Å². The number of aromatic nitrogens is 2. The van der Waals surface area contributed by atoms with E-state index in [4.69, 9.17) is 20.9 Å². The first-order valence-corrected chi connectivity index (χ1v) is 4.89. The summed E-state index contributed by atoms with van der Waals surface area (Å²) in [6, 6.07) is 8.62.